The van der Waals surface area contributed by atoms with Crippen LogP contribution in [0.4, 0.5) is 23.4 Å². The van der Waals surface area contributed by atoms with Crippen molar-refractivity contribution in [3.63, 3.8) is 0 Å². The lowest BCUT2D eigenvalue weighted by Gasteiger charge is -2.14. The van der Waals surface area contributed by atoms with Gasteiger partial charge in [-0.25, -0.2) is 14.4 Å². The lowest BCUT2D eigenvalue weighted by molar-refractivity contribution is -0.138. The van der Waals surface area contributed by atoms with Gasteiger partial charge in [0.15, 0.2) is 0 Å². The van der Waals surface area contributed by atoms with Gasteiger partial charge in [-0.2, -0.15) is 13.2 Å². The Labute approximate surface area is 135 Å². The zero-order valence-corrected chi connectivity index (χ0v) is 12.4. The first-order valence-corrected chi connectivity index (χ1v) is 7.24. The Kier molecular flexibility index (Phi) is 4.33. The molecule has 0 aliphatic carbocycles. The number of nitrogens with zero attached hydrogens (tertiary/aromatic N) is 2. The Bertz CT molecular complexity index is 857. The highest BCUT2D eigenvalue weighted by Crippen LogP contribution is 2.32. The van der Waals surface area contributed by atoms with Crippen LogP contribution in [0.25, 0.3) is 10.9 Å². The van der Waals surface area contributed by atoms with E-state index in [9.17, 15) is 17.6 Å². The van der Waals surface area contributed by atoms with Crippen LogP contribution in [0.1, 0.15) is 11.1 Å². The van der Waals surface area contributed by atoms with Gasteiger partial charge in [0, 0.05) is 11.9 Å². The van der Waals surface area contributed by atoms with Gasteiger partial charge in [0.1, 0.15) is 18.0 Å². The van der Waals surface area contributed by atoms with E-state index in [-0.39, 0.29) is 18.5 Å². The number of alkyl halides is 3. The Hall–Kier alpha value is -2.70. The minimum absolute atomic E-state index is 0.0368. The number of aromatic nitrogens is 2. The monoisotopic (exact) mass is 335 g/mol. The van der Waals surface area contributed by atoms with E-state index in [0.29, 0.717) is 11.9 Å². The third kappa shape index (κ3) is 3.45. The van der Waals surface area contributed by atoms with Gasteiger partial charge in [0.25, 0.3) is 0 Å². The average Bonchev–Trinajstić information content (AvgIpc) is 2.55. The maximum Gasteiger partial charge on any atom is 0.416 e. The number of rotatable bonds is 4. The number of fused-ring (bicyclic) bond motifs is 1. The minimum atomic E-state index is -4.58. The van der Waals surface area contributed by atoms with Crippen LogP contribution in [-0.4, -0.2) is 16.5 Å². The number of para-hydroxylation sites is 1. The molecule has 24 heavy (non-hydrogen) atoms. The number of hydrogen-bond donors (Lipinski definition) is 1. The summed E-state index contributed by atoms with van der Waals surface area (Å²) < 4.78 is 52.0. The number of nitrogens with one attached hydrogen (secondary N) is 1. The second-order valence-corrected chi connectivity index (χ2v) is 5.22. The largest absolute Gasteiger partial charge is 0.416 e. The highest BCUT2D eigenvalue weighted by molar-refractivity contribution is 5.88. The third-order valence-corrected chi connectivity index (χ3v) is 3.61. The molecule has 0 aliphatic rings. The fraction of sp³-hybridized carbons (Fsp3) is 0.176. The summed E-state index contributed by atoms with van der Waals surface area (Å²) >= 11 is 0. The van der Waals surface area contributed by atoms with Crippen LogP contribution in [0.15, 0.2) is 48.8 Å². The lowest BCUT2D eigenvalue weighted by Crippen LogP contribution is -2.13. The highest BCUT2D eigenvalue weighted by atomic mass is 19.4. The first-order chi connectivity index (χ1) is 11.4. The molecule has 3 aromatic rings. The maximum absolute atomic E-state index is 13.1. The molecule has 3 nitrogen and oxygen atoms in total. The van der Waals surface area contributed by atoms with Gasteiger partial charge >= 0.3 is 6.18 Å². The Morgan fingerprint density at radius 3 is 2.58 bits per heavy atom. The van der Waals surface area contributed by atoms with Gasteiger partial charge < -0.3 is 5.32 Å². The molecule has 7 heteroatoms. The van der Waals surface area contributed by atoms with E-state index < -0.39 is 17.6 Å². The summed E-state index contributed by atoms with van der Waals surface area (Å²) in [5, 5.41) is 3.80. The van der Waals surface area contributed by atoms with E-state index in [1.54, 1.807) is 0 Å². The molecule has 0 saturated heterocycles. The molecule has 0 unspecified atom stereocenters. The summed E-state index contributed by atoms with van der Waals surface area (Å²) in [5.74, 6) is -0.350. The number of halogens is 4. The molecule has 0 amide bonds. The van der Waals surface area contributed by atoms with Crippen molar-refractivity contribution < 1.29 is 17.6 Å². The molecular formula is C17H13F4N3. The van der Waals surface area contributed by atoms with Gasteiger partial charge in [-0.1, -0.05) is 18.2 Å². The van der Waals surface area contributed by atoms with Crippen molar-refractivity contribution in [2.75, 3.05) is 11.9 Å². The summed E-state index contributed by atoms with van der Waals surface area (Å²) in [6.07, 6.45) is -3.10. The van der Waals surface area contributed by atoms with E-state index in [1.807, 2.05) is 24.3 Å². The van der Waals surface area contributed by atoms with Crippen LogP contribution in [-0.2, 0) is 12.6 Å². The molecule has 0 spiro atoms. The van der Waals surface area contributed by atoms with Crippen molar-refractivity contribution in [3.05, 3.63) is 65.7 Å². The molecule has 0 atom stereocenters. The van der Waals surface area contributed by atoms with Crippen molar-refractivity contribution >= 4 is 16.7 Å². The van der Waals surface area contributed by atoms with Gasteiger partial charge in [-0.15, -0.1) is 0 Å². The molecule has 124 valence electrons. The predicted molar refractivity (Wildman–Crippen MR) is 83.1 cm³/mol. The molecular weight excluding hydrogens is 322 g/mol. The van der Waals surface area contributed by atoms with Crippen LogP contribution in [0.3, 0.4) is 0 Å². The summed E-state index contributed by atoms with van der Waals surface area (Å²) in [7, 11) is 0. The predicted octanol–water partition coefficient (Wildman–Crippen LogP) is 4.44. The molecule has 3 rings (SSSR count). The summed E-state index contributed by atoms with van der Waals surface area (Å²) in [6.45, 7) is 0.232. The zero-order valence-electron chi connectivity index (χ0n) is 12.4. The fourth-order valence-electron chi connectivity index (χ4n) is 2.49. The number of benzene rings is 2. The van der Waals surface area contributed by atoms with E-state index in [1.165, 1.54) is 6.33 Å². The van der Waals surface area contributed by atoms with Gasteiger partial charge in [0.05, 0.1) is 11.1 Å². The average molecular weight is 335 g/mol. The standard InChI is InChI=1S/C17H13F4N3/c18-12-6-5-11(14(9-12)17(19,20)21)7-8-22-16-13-3-1-2-4-15(13)23-10-24-16/h1-6,9-10H,7-8H2,(H,22,23,24). The second-order valence-electron chi connectivity index (χ2n) is 5.22. The van der Waals surface area contributed by atoms with E-state index >= 15 is 0 Å². The molecule has 0 aliphatic heterocycles. The summed E-state index contributed by atoms with van der Waals surface area (Å²) in [5.41, 5.74) is -0.167. The fourth-order valence-corrected chi connectivity index (χ4v) is 2.49. The molecule has 0 radical (unpaired) electrons. The number of anilines is 1. The van der Waals surface area contributed by atoms with Gasteiger partial charge in [-0.05, 0) is 36.2 Å². The second kappa shape index (κ2) is 6.43. The topological polar surface area (TPSA) is 37.8 Å². The molecule has 1 aromatic heterocycles. The van der Waals surface area contributed by atoms with Crippen LogP contribution in [0, 0.1) is 5.82 Å². The first-order valence-electron chi connectivity index (χ1n) is 7.24. The maximum atomic E-state index is 13.1. The Balaban J connectivity index is 1.77. The van der Waals surface area contributed by atoms with Crippen molar-refractivity contribution in [1.29, 1.82) is 0 Å². The molecule has 0 saturated carbocycles. The van der Waals surface area contributed by atoms with Gasteiger partial charge in [0.2, 0.25) is 0 Å². The van der Waals surface area contributed by atoms with Crippen LogP contribution in [0.5, 0.6) is 0 Å². The zero-order chi connectivity index (χ0) is 17.2. The number of hydrogen-bond acceptors (Lipinski definition) is 3. The van der Waals surface area contributed by atoms with Crippen LogP contribution >= 0.6 is 0 Å². The quantitative estimate of drug-likeness (QED) is 0.716. The van der Waals surface area contributed by atoms with E-state index in [0.717, 1.165) is 23.0 Å². The summed E-state index contributed by atoms with van der Waals surface area (Å²) in [4.78, 5) is 8.24. The molecule has 0 fully saturated rings. The smallest absolute Gasteiger partial charge is 0.369 e. The van der Waals surface area contributed by atoms with Crippen molar-refractivity contribution in [2.45, 2.75) is 12.6 Å². The van der Waals surface area contributed by atoms with Crippen molar-refractivity contribution in [2.24, 2.45) is 0 Å². The van der Waals surface area contributed by atoms with Crippen molar-refractivity contribution in [1.82, 2.24) is 9.97 Å². The molecule has 1 N–H and O–H groups in total. The van der Waals surface area contributed by atoms with Crippen molar-refractivity contribution in [3.8, 4) is 0 Å². The van der Waals surface area contributed by atoms with E-state index in [4.69, 9.17) is 0 Å². The normalized spacial score (nSPS) is 11.7. The van der Waals surface area contributed by atoms with Gasteiger partial charge in [-0.3, -0.25) is 0 Å². The lowest BCUT2D eigenvalue weighted by atomic mass is 10.0. The highest BCUT2D eigenvalue weighted by Gasteiger charge is 2.33. The molecule has 2 aromatic carbocycles. The SMILES string of the molecule is Fc1ccc(CCNc2ncnc3ccccc23)c(C(F)(F)F)c1. The Morgan fingerprint density at radius 1 is 1.00 bits per heavy atom. The minimum Gasteiger partial charge on any atom is -0.369 e. The first kappa shape index (κ1) is 16.2. The third-order valence-electron chi connectivity index (χ3n) is 3.61. The van der Waals surface area contributed by atoms with Crippen LogP contribution in [0.2, 0.25) is 0 Å². The van der Waals surface area contributed by atoms with E-state index in [2.05, 4.69) is 15.3 Å². The molecule has 1 heterocycles. The molecule has 0 bridgehead atoms. The summed E-state index contributed by atoms with van der Waals surface area (Å²) in [6, 6.07) is 10.0. The van der Waals surface area contributed by atoms with Crippen LogP contribution < -0.4 is 5.32 Å². The Morgan fingerprint density at radius 2 is 1.79 bits per heavy atom.